The molecule has 0 aromatic heterocycles. The number of hydrogen-bond donors (Lipinski definition) is 3. The molecular formula is C30H35F3N4O3. The Balaban J connectivity index is 1.02. The van der Waals surface area contributed by atoms with E-state index in [4.69, 9.17) is 4.74 Å². The molecule has 3 N–H and O–H groups in total. The van der Waals surface area contributed by atoms with Crippen LogP contribution < -0.4 is 16.0 Å². The van der Waals surface area contributed by atoms with E-state index in [1.54, 1.807) is 0 Å². The summed E-state index contributed by atoms with van der Waals surface area (Å²) in [6, 6.07) is 8.25. The minimum atomic E-state index is -1.51. The molecule has 3 aliphatic carbocycles. The summed E-state index contributed by atoms with van der Waals surface area (Å²) >= 11 is 0. The first-order chi connectivity index (χ1) is 19.3. The molecule has 214 valence electrons. The smallest absolute Gasteiger partial charge is 0.322 e. The van der Waals surface area contributed by atoms with Crippen molar-refractivity contribution in [1.29, 1.82) is 0 Å². The molecule has 10 heteroatoms. The zero-order chi connectivity index (χ0) is 27.9. The average molecular weight is 557 g/mol. The van der Waals surface area contributed by atoms with Crippen LogP contribution in [0.4, 0.5) is 28.4 Å². The van der Waals surface area contributed by atoms with Crippen molar-refractivity contribution in [1.82, 2.24) is 15.5 Å². The van der Waals surface area contributed by atoms with E-state index >= 15 is 0 Å². The van der Waals surface area contributed by atoms with Crippen molar-refractivity contribution in [3.8, 4) is 0 Å². The normalized spacial score (nSPS) is 25.9. The molecule has 40 heavy (non-hydrogen) atoms. The van der Waals surface area contributed by atoms with Gasteiger partial charge >= 0.3 is 12.1 Å². The largest absolute Gasteiger partial charge is 0.381 e. The zero-order valence-electron chi connectivity index (χ0n) is 22.5. The van der Waals surface area contributed by atoms with Crippen LogP contribution in [-0.4, -0.2) is 42.3 Å². The molecule has 7 nitrogen and oxygen atoms in total. The first kappa shape index (κ1) is 26.9. The van der Waals surface area contributed by atoms with E-state index in [1.165, 1.54) is 10.5 Å². The van der Waals surface area contributed by atoms with Crippen molar-refractivity contribution < 1.29 is 27.5 Å². The van der Waals surface area contributed by atoms with Crippen molar-refractivity contribution in [3.63, 3.8) is 0 Å². The second-order valence-corrected chi connectivity index (χ2v) is 11.9. The Bertz CT molecular complexity index is 1270. The van der Waals surface area contributed by atoms with E-state index in [0.717, 1.165) is 70.6 Å². The van der Waals surface area contributed by atoms with Crippen LogP contribution in [0.25, 0.3) is 0 Å². The van der Waals surface area contributed by atoms with Gasteiger partial charge in [0.25, 0.3) is 0 Å². The van der Waals surface area contributed by atoms with Crippen LogP contribution in [-0.2, 0) is 23.2 Å². The van der Waals surface area contributed by atoms with E-state index < -0.39 is 23.5 Å². The number of benzene rings is 2. The second kappa shape index (κ2) is 10.6. The van der Waals surface area contributed by atoms with Gasteiger partial charge in [0.15, 0.2) is 17.5 Å². The van der Waals surface area contributed by atoms with Crippen molar-refractivity contribution in [2.45, 2.75) is 75.4 Å². The number of fused-ring (bicyclic) bond motifs is 4. The first-order valence-corrected chi connectivity index (χ1v) is 14.2. The predicted molar refractivity (Wildman–Crippen MR) is 143 cm³/mol. The van der Waals surface area contributed by atoms with Gasteiger partial charge in [-0.3, -0.25) is 0 Å². The van der Waals surface area contributed by atoms with Gasteiger partial charge in [0.2, 0.25) is 0 Å². The van der Waals surface area contributed by atoms with Crippen molar-refractivity contribution in [2.75, 3.05) is 25.1 Å². The molecule has 4 amide bonds. The summed E-state index contributed by atoms with van der Waals surface area (Å²) in [4.78, 5) is 26.8. The monoisotopic (exact) mass is 556 g/mol. The summed E-state index contributed by atoms with van der Waals surface area (Å²) in [7, 11) is 0. The number of anilines is 1. The first-order valence-electron chi connectivity index (χ1n) is 14.2. The summed E-state index contributed by atoms with van der Waals surface area (Å²) in [5.41, 5.74) is 2.03. The van der Waals surface area contributed by atoms with Gasteiger partial charge in [-0.25, -0.2) is 22.8 Å². The number of nitrogens with zero attached hydrogens (tertiary/aromatic N) is 1. The summed E-state index contributed by atoms with van der Waals surface area (Å²) < 4.78 is 46.7. The van der Waals surface area contributed by atoms with E-state index in [0.29, 0.717) is 18.2 Å². The van der Waals surface area contributed by atoms with Gasteiger partial charge < -0.3 is 25.6 Å². The molecule has 0 radical (unpaired) electrons. The molecule has 3 saturated carbocycles. The highest BCUT2D eigenvalue weighted by atomic mass is 19.2. The topological polar surface area (TPSA) is 82.7 Å². The molecule has 4 fully saturated rings. The van der Waals surface area contributed by atoms with Gasteiger partial charge in [0.05, 0.1) is 6.54 Å². The standard InChI is InChI=1S/C30H35F3N4O3/c31-24-15-20-17-37(18-23(20)25(32)26(24)33)28(39)35-22-3-1-21(2-4-22)29-7-10-30(11-8-29,12-9-29)36-27(38)34-16-19-5-13-40-14-6-19/h1-4,15,19H,5-14,16-18H2,(H,35,39)(H2,34,36,38). The SMILES string of the molecule is O=C(NCC1CCOCC1)NC12CCC(c3ccc(NC(=O)N4Cc5cc(F)c(F)c(F)c5C4)cc3)(CC1)CC2. The molecule has 2 aromatic carbocycles. The summed E-state index contributed by atoms with van der Waals surface area (Å²) in [5, 5.41) is 9.20. The van der Waals surface area contributed by atoms with Crippen LogP contribution in [0.1, 0.15) is 68.1 Å². The second-order valence-electron chi connectivity index (χ2n) is 11.9. The zero-order valence-corrected chi connectivity index (χ0v) is 22.5. The number of carbonyl (C=O) groups excluding carboxylic acids is 2. The molecule has 5 aliphatic rings. The quantitative estimate of drug-likeness (QED) is 0.412. The number of nitrogens with one attached hydrogen (secondary N) is 3. The fourth-order valence-electron chi connectivity index (χ4n) is 6.98. The van der Waals surface area contributed by atoms with Gasteiger partial charge in [0, 0.05) is 43.1 Å². The molecule has 2 heterocycles. The highest BCUT2D eigenvalue weighted by Gasteiger charge is 2.50. The maximum atomic E-state index is 14.1. The number of amides is 4. The lowest BCUT2D eigenvalue weighted by Crippen LogP contribution is -2.59. The Morgan fingerprint density at radius 2 is 1.60 bits per heavy atom. The average Bonchev–Trinajstić information content (AvgIpc) is 3.41. The maximum absolute atomic E-state index is 14.1. The predicted octanol–water partition coefficient (Wildman–Crippen LogP) is 5.72. The Morgan fingerprint density at radius 3 is 2.27 bits per heavy atom. The summed E-state index contributed by atoms with van der Waals surface area (Å²) in [6.45, 7) is 2.13. The molecule has 2 aliphatic heterocycles. The molecule has 0 atom stereocenters. The van der Waals surface area contributed by atoms with Crippen LogP contribution in [0.3, 0.4) is 0 Å². The molecule has 0 spiro atoms. The van der Waals surface area contributed by atoms with E-state index in [1.807, 2.05) is 24.3 Å². The minimum Gasteiger partial charge on any atom is -0.381 e. The van der Waals surface area contributed by atoms with E-state index in [2.05, 4.69) is 16.0 Å². The molecule has 2 aromatic rings. The fraction of sp³-hybridized carbons (Fsp3) is 0.533. The highest BCUT2D eigenvalue weighted by Crippen LogP contribution is 2.53. The van der Waals surface area contributed by atoms with E-state index in [-0.39, 0.29) is 41.2 Å². The third-order valence-corrected chi connectivity index (χ3v) is 9.62. The lowest BCUT2D eigenvalue weighted by molar-refractivity contribution is 0.0654. The number of ether oxygens (including phenoxy) is 1. The van der Waals surface area contributed by atoms with E-state index in [9.17, 15) is 22.8 Å². The van der Waals surface area contributed by atoms with Crippen LogP contribution in [0.5, 0.6) is 0 Å². The Kier molecular flexibility index (Phi) is 7.14. The Hall–Kier alpha value is -3.27. The van der Waals surface area contributed by atoms with Crippen LogP contribution in [0.15, 0.2) is 30.3 Å². The Morgan fingerprint density at radius 1 is 0.925 bits per heavy atom. The van der Waals surface area contributed by atoms with Crippen LogP contribution in [0, 0.1) is 23.4 Å². The van der Waals surface area contributed by atoms with Crippen LogP contribution >= 0.6 is 0 Å². The number of urea groups is 2. The molecule has 0 unspecified atom stereocenters. The minimum absolute atomic E-state index is 0.0137. The molecule has 2 bridgehead atoms. The lowest BCUT2D eigenvalue weighted by atomic mass is 9.55. The number of rotatable bonds is 5. The molecule has 7 rings (SSSR count). The number of carbonyl (C=O) groups is 2. The molecular weight excluding hydrogens is 521 g/mol. The third kappa shape index (κ3) is 5.13. The summed E-state index contributed by atoms with van der Waals surface area (Å²) in [6.07, 6.45) is 7.75. The number of halogens is 3. The third-order valence-electron chi connectivity index (χ3n) is 9.62. The maximum Gasteiger partial charge on any atom is 0.322 e. The molecule has 1 saturated heterocycles. The van der Waals surface area contributed by atoms with Gasteiger partial charge in [-0.15, -0.1) is 0 Å². The van der Waals surface area contributed by atoms with Gasteiger partial charge in [-0.2, -0.15) is 0 Å². The Labute approximate surface area is 231 Å². The lowest BCUT2D eigenvalue weighted by Gasteiger charge is -2.54. The van der Waals surface area contributed by atoms with Crippen molar-refractivity contribution in [3.05, 3.63) is 64.5 Å². The van der Waals surface area contributed by atoms with Crippen molar-refractivity contribution in [2.24, 2.45) is 5.92 Å². The fourth-order valence-corrected chi connectivity index (χ4v) is 6.98. The highest BCUT2D eigenvalue weighted by molar-refractivity contribution is 5.89. The summed E-state index contributed by atoms with van der Waals surface area (Å²) in [5.74, 6) is -3.51. The van der Waals surface area contributed by atoms with Crippen LogP contribution in [0.2, 0.25) is 0 Å². The number of hydrogen-bond acceptors (Lipinski definition) is 3. The van der Waals surface area contributed by atoms with Gasteiger partial charge in [-0.05, 0) is 92.0 Å². The van der Waals surface area contributed by atoms with Gasteiger partial charge in [-0.1, -0.05) is 12.1 Å². The van der Waals surface area contributed by atoms with Crippen molar-refractivity contribution >= 4 is 17.7 Å². The van der Waals surface area contributed by atoms with Gasteiger partial charge in [0.1, 0.15) is 0 Å².